The summed E-state index contributed by atoms with van der Waals surface area (Å²) in [7, 11) is -1.78. The van der Waals surface area contributed by atoms with Crippen molar-refractivity contribution in [2.75, 3.05) is 0 Å². The molecule has 0 amide bonds. The van der Waals surface area contributed by atoms with Gasteiger partial charge in [0.05, 0.1) is 5.30 Å². The standard InChI is InChI=1S/C13H14O2PS/c1-10-5-7-12(8-6-10)16(14)15-11(2)13-4-3-9-17-13/h3-9,11H,1-2H3. The fraction of sp³-hybridized carbons (Fsp3) is 0.231. The maximum atomic E-state index is 12.0. The normalized spacial score (nSPS) is 13.4. The van der Waals surface area contributed by atoms with Gasteiger partial charge in [-0.05, 0) is 37.4 Å². The average Bonchev–Trinajstić information content (AvgIpc) is 2.83. The molecule has 0 saturated heterocycles. The van der Waals surface area contributed by atoms with Crippen molar-refractivity contribution < 1.29 is 9.09 Å². The van der Waals surface area contributed by atoms with Crippen molar-refractivity contribution in [2.24, 2.45) is 0 Å². The molecular weight excluding hydrogens is 251 g/mol. The highest BCUT2D eigenvalue weighted by molar-refractivity contribution is 7.48. The largest absolute Gasteiger partial charge is 0.292 e. The number of benzene rings is 1. The minimum atomic E-state index is -1.78. The van der Waals surface area contributed by atoms with Gasteiger partial charge in [0.2, 0.25) is 8.03 Å². The van der Waals surface area contributed by atoms with Crippen LogP contribution in [0.1, 0.15) is 23.5 Å². The van der Waals surface area contributed by atoms with E-state index in [0.717, 1.165) is 15.7 Å². The number of rotatable bonds is 4. The Morgan fingerprint density at radius 1 is 1.24 bits per heavy atom. The first-order chi connectivity index (χ1) is 8.16. The highest BCUT2D eigenvalue weighted by Crippen LogP contribution is 2.33. The Hall–Kier alpha value is -1.02. The van der Waals surface area contributed by atoms with Gasteiger partial charge in [0.1, 0.15) is 6.10 Å². The Morgan fingerprint density at radius 3 is 2.53 bits per heavy atom. The van der Waals surface area contributed by atoms with Crippen molar-refractivity contribution in [3.05, 3.63) is 52.2 Å². The third kappa shape index (κ3) is 3.22. The van der Waals surface area contributed by atoms with Crippen LogP contribution in [0.2, 0.25) is 0 Å². The molecule has 2 aromatic rings. The van der Waals surface area contributed by atoms with Crippen LogP contribution in [0.3, 0.4) is 0 Å². The van der Waals surface area contributed by atoms with Crippen LogP contribution >= 0.6 is 19.4 Å². The van der Waals surface area contributed by atoms with Crippen LogP contribution in [-0.2, 0) is 9.09 Å². The summed E-state index contributed by atoms with van der Waals surface area (Å²) < 4.78 is 17.5. The zero-order valence-corrected chi connectivity index (χ0v) is 11.5. The fourth-order valence-corrected chi connectivity index (χ4v) is 3.14. The van der Waals surface area contributed by atoms with E-state index in [9.17, 15) is 4.57 Å². The Kier molecular flexibility index (Phi) is 4.06. The van der Waals surface area contributed by atoms with Crippen molar-refractivity contribution >= 4 is 24.7 Å². The Morgan fingerprint density at radius 2 is 1.94 bits per heavy atom. The molecule has 0 N–H and O–H groups in total. The number of thiophene rings is 1. The lowest BCUT2D eigenvalue weighted by Gasteiger charge is -2.09. The molecular formula is C13H14O2PS. The Labute approximate surface area is 106 Å². The second-order valence-corrected chi connectivity index (χ2v) is 6.08. The van der Waals surface area contributed by atoms with Crippen LogP contribution in [0.15, 0.2) is 41.8 Å². The monoisotopic (exact) mass is 265 g/mol. The van der Waals surface area contributed by atoms with E-state index in [0.29, 0.717) is 0 Å². The zero-order chi connectivity index (χ0) is 12.3. The van der Waals surface area contributed by atoms with Crippen LogP contribution in [-0.4, -0.2) is 0 Å². The van der Waals surface area contributed by atoms with Gasteiger partial charge < -0.3 is 0 Å². The molecule has 2 atom stereocenters. The maximum absolute atomic E-state index is 12.0. The summed E-state index contributed by atoms with van der Waals surface area (Å²) in [5.74, 6) is 0. The van der Waals surface area contributed by atoms with E-state index in [1.54, 1.807) is 11.3 Å². The second-order valence-electron chi connectivity index (χ2n) is 3.86. The molecule has 1 aromatic heterocycles. The second kappa shape index (κ2) is 5.54. The molecule has 0 bridgehead atoms. The third-order valence-corrected chi connectivity index (χ3v) is 4.70. The van der Waals surface area contributed by atoms with Gasteiger partial charge in [-0.2, -0.15) is 0 Å². The van der Waals surface area contributed by atoms with Gasteiger partial charge in [-0.3, -0.25) is 4.52 Å². The smallest absolute Gasteiger partial charge is 0.247 e. The van der Waals surface area contributed by atoms with Gasteiger partial charge in [-0.15, -0.1) is 11.3 Å². The molecule has 1 aromatic carbocycles. The van der Waals surface area contributed by atoms with Crippen LogP contribution in [0, 0.1) is 6.92 Å². The van der Waals surface area contributed by atoms with Crippen LogP contribution in [0.25, 0.3) is 0 Å². The molecule has 4 heteroatoms. The molecule has 0 aliphatic heterocycles. The van der Waals surface area contributed by atoms with E-state index in [4.69, 9.17) is 4.52 Å². The van der Waals surface area contributed by atoms with Gasteiger partial charge in [0, 0.05) is 4.88 Å². The van der Waals surface area contributed by atoms with Gasteiger partial charge in [-0.25, -0.2) is 4.57 Å². The van der Waals surface area contributed by atoms with E-state index in [1.165, 1.54) is 0 Å². The van der Waals surface area contributed by atoms with Crippen molar-refractivity contribution in [1.29, 1.82) is 0 Å². The number of hydrogen-bond donors (Lipinski definition) is 0. The highest BCUT2D eigenvalue weighted by Gasteiger charge is 2.13. The van der Waals surface area contributed by atoms with Crippen LogP contribution < -0.4 is 5.30 Å². The Bertz CT molecular complexity index is 491. The minimum absolute atomic E-state index is 0.125. The molecule has 89 valence electrons. The van der Waals surface area contributed by atoms with Crippen LogP contribution in [0.4, 0.5) is 0 Å². The van der Waals surface area contributed by atoms with E-state index in [1.807, 2.05) is 55.6 Å². The summed E-state index contributed by atoms with van der Waals surface area (Å²) in [6.45, 7) is 3.93. The molecule has 2 unspecified atom stereocenters. The predicted molar refractivity (Wildman–Crippen MR) is 72.2 cm³/mol. The van der Waals surface area contributed by atoms with E-state index >= 15 is 0 Å². The molecule has 0 saturated carbocycles. The van der Waals surface area contributed by atoms with E-state index in [-0.39, 0.29) is 6.10 Å². The molecule has 2 nitrogen and oxygen atoms in total. The summed E-state index contributed by atoms with van der Waals surface area (Å²) in [6.07, 6.45) is -0.125. The lowest BCUT2D eigenvalue weighted by Crippen LogP contribution is -2.00. The molecule has 1 heterocycles. The van der Waals surface area contributed by atoms with Gasteiger partial charge in [-0.1, -0.05) is 23.8 Å². The Balaban J connectivity index is 2.04. The summed E-state index contributed by atoms with van der Waals surface area (Å²) in [4.78, 5) is 1.10. The summed E-state index contributed by atoms with van der Waals surface area (Å²) >= 11 is 1.62. The molecule has 0 fully saturated rings. The number of aryl methyl sites for hydroxylation is 1. The van der Waals surface area contributed by atoms with E-state index < -0.39 is 8.03 Å². The molecule has 17 heavy (non-hydrogen) atoms. The minimum Gasteiger partial charge on any atom is -0.292 e. The van der Waals surface area contributed by atoms with Gasteiger partial charge in [0.25, 0.3) is 0 Å². The predicted octanol–water partition coefficient (Wildman–Crippen LogP) is 4.20. The summed E-state index contributed by atoms with van der Waals surface area (Å²) in [6, 6.07) is 11.6. The van der Waals surface area contributed by atoms with Gasteiger partial charge in [0.15, 0.2) is 0 Å². The molecule has 0 aliphatic rings. The first kappa shape index (κ1) is 12.4. The average molecular weight is 265 g/mol. The molecule has 0 spiro atoms. The first-order valence-electron chi connectivity index (χ1n) is 5.41. The van der Waals surface area contributed by atoms with Gasteiger partial charge >= 0.3 is 0 Å². The van der Waals surface area contributed by atoms with Crippen LogP contribution in [0.5, 0.6) is 0 Å². The highest BCUT2D eigenvalue weighted by atomic mass is 32.1. The fourth-order valence-electron chi connectivity index (χ4n) is 1.45. The topological polar surface area (TPSA) is 26.3 Å². The zero-order valence-electron chi connectivity index (χ0n) is 9.79. The lowest BCUT2D eigenvalue weighted by atomic mass is 10.2. The third-order valence-electron chi connectivity index (χ3n) is 2.44. The number of hydrogen-bond acceptors (Lipinski definition) is 3. The first-order valence-corrected chi connectivity index (χ1v) is 7.46. The maximum Gasteiger partial charge on any atom is 0.247 e. The van der Waals surface area contributed by atoms with Crippen molar-refractivity contribution in [1.82, 2.24) is 0 Å². The molecule has 0 aliphatic carbocycles. The lowest BCUT2D eigenvalue weighted by molar-refractivity contribution is 0.249. The van der Waals surface area contributed by atoms with Crippen molar-refractivity contribution in [3.8, 4) is 0 Å². The molecule has 2 rings (SSSR count). The van der Waals surface area contributed by atoms with E-state index in [2.05, 4.69) is 0 Å². The quantitative estimate of drug-likeness (QED) is 0.774. The SMILES string of the molecule is Cc1ccc([P](=O)OC(C)c2cccs2)cc1. The van der Waals surface area contributed by atoms with Crippen molar-refractivity contribution in [2.45, 2.75) is 20.0 Å². The summed E-state index contributed by atoms with van der Waals surface area (Å²) in [5, 5.41) is 2.74. The molecule has 1 radical (unpaired) electrons. The summed E-state index contributed by atoms with van der Waals surface area (Å²) in [5.41, 5.74) is 1.16. The van der Waals surface area contributed by atoms with Crippen molar-refractivity contribution in [3.63, 3.8) is 0 Å².